The molecule has 4 rings (SSSR count). The van der Waals surface area contributed by atoms with Crippen LogP contribution in [0.15, 0.2) is 24.4 Å². The molecule has 0 aliphatic heterocycles. The normalized spacial score (nSPS) is 13.2. The Morgan fingerprint density at radius 1 is 1.25 bits per heavy atom. The van der Waals surface area contributed by atoms with Crippen molar-refractivity contribution in [2.75, 3.05) is 12.4 Å². The predicted octanol–water partition coefficient (Wildman–Crippen LogP) is 3.28. The number of halogens is 3. The van der Waals surface area contributed by atoms with Gasteiger partial charge in [0.05, 0.1) is 18.0 Å². The van der Waals surface area contributed by atoms with Crippen molar-refractivity contribution in [3.63, 3.8) is 0 Å². The fourth-order valence-corrected chi connectivity index (χ4v) is 2.91. The average molecular weight is 391 g/mol. The molecule has 146 valence electrons. The lowest BCUT2D eigenvalue weighted by molar-refractivity contribution is -0.138. The van der Waals surface area contributed by atoms with E-state index < -0.39 is 12.2 Å². The Morgan fingerprint density at radius 2 is 2.04 bits per heavy atom. The molecule has 0 bridgehead atoms. The molecule has 0 saturated heterocycles. The van der Waals surface area contributed by atoms with Crippen molar-refractivity contribution >= 4 is 28.0 Å². The lowest BCUT2D eigenvalue weighted by Gasteiger charge is -2.17. The molecule has 0 amide bonds. The minimum atomic E-state index is -4.42. The van der Waals surface area contributed by atoms with E-state index in [0.717, 1.165) is 29.1 Å². The first-order valence-corrected chi connectivity index (χ1v) is 8.34. The van der Waals surface area contributed by atoms with Crippen molar-refractivity contribution in [2.24, 2.45) is 7.05 Å². The van der Waals surface area contributed by atoms with Gasteiger partial charge in [0.25, 0.3) is 0 Å². The molecule has 11 heteroatoms. The molecule has 0 fully saturated rings. The van der Waals surface area contributed by atoms with Gasteiger partial charge >= 0.3 is 6.18 Å². The Labute approximate surface area is 156 Å². The predicted molar refractivity (Wildman–Crippen MR) is 97.1 cm³/mol. The molecule has 0 aliphatic carbocycles. The van der Waals surface area contributed by atoms with Crippen molar-refractivity contribution in [2.45, 2.75) is 19.1 Å². The minimum absolute atomic E-state index is 0.168. The van der Waals surface area contributed by atoms with Gasteiger partial charge in [0.15, 0.2) is 0 Å². The second kappa shape index (κ2) is 6.36. The van der Waals surface area contributed by atoms with Gasteiger partial charge in [-0.25, -0.2) is 4.68 Å². The number of ether oxygens (including phenoxy) is 1. The highest BCUT2D eigenvalue weighted by Gasteiger charge is 2.36. The SMILES string of the molecule is COc1nc(N[C@H](C)C(F)(F)F)nc2[nH]cc(-c3ccc4nnn(C)c4c3)c12. The standard InChI is InChI=1S/C17H16F3N7O/c1-8(17(18,19)20)22-16-23-14-13(15(24-16)28-3)10(7-21-14)9-4-5-11-12(6-9)27(2)26-25-11/h4-8H,1-3H3,(H2,21,22,23,24)/t8-/m1/s1. The van der Waals surface area contributed by atoms with Crippen molar-refractivity contribution in [1.82, 2.24) is 29.9 Å². The van der Waals surface area contributed by atoms with Crippen LogP contribution in [0.25, 0.3) is 33.2 Å². The summed E-state index contributed by atoms with van der Waals surface area (Å²) in [5.74, 6) is -0.00443. The zero-order valence-corrected chi connectivity index (χ0v) is 15.2. The number of hydrogen-bond acceptors (Lipinski definition) is 6. The summed E-state index contributed by atoms with van der Waals surface area (Å²) in [6, 6.07) is 3.82. The number of nitrogens with zero attached hydrogens (tertiary/aromatic N) is 5. The third-order valence-corrected chi connectivity index (χ3v) is 4.45. The lowest BCUT2D eigenvalue weighted by Crippen LogP contribution is -2.33. The molecular weight excluding hydrogens is 375 g/mol. The van der Waals surface area contributed by atoms with Gasteiger partial charge in [-0.15, -0.1) is 5.10 Å². The van der Waals surface area contributed by atoms with Gasteiger partial charge in [-0.3, -0.25) is 0 Å². The van der Waals surface area contributed by atoms with Crippen LogP contribution in [0, 0.1) is 0 Å². The Morgan fingerprint density at radius 3 is 2.75 bits per heavy atom. The number of hydrogen-bond donors (Lipinski definition) is 2. The van der Waals surface area contributed by atoms with Crippen LogP contribution in [0.3, 0.4) is 0 Å². The second-order valence-electron chi connectivity index (χ2n) is 6.31. The Hall–Kier alpha value is -3.37. The highest BCUT2D eigenvalue weighted by atomic mass is 19.4. The first-order valence-electron chi connectivity index (χ1n) is 8.34. The van der Waals surface area contributed by atoms with Crippen LogP contribution in [-0.2, 0) is 7.05 Å². The molecule has 28 heavy (non-hydrogen) atoms. The van der Waals surface area contributed by atoms with E-state index >= 15 is 0 Å². The number of rotatable bonds is 4. The summed E-state index contributed by atoms with van der Waals surface area (Å²) in [4.78, 5) is 11.3. The van der Waals surface area contributed by atoms with Crippen LogP contribution in [-0.4, -0.2) is 49.3 Å². The summed E-state index contributed by atoms with van der Waals surface area (Å²) in [5.41, 5.74) is 3.55. The smallest absolute Gasteiger partial charge is 0.408 e. The number of aryl methyl sites for hydroxylation is 1. The van der Waals surface area contributed by atoms with Gasteiger partial charge in [0.2, 0.25) is 11.8 Å². The fraction of sp³-hybridized carbons (Fsp3) is 0.294. The van der Waals surface area contributed by atoms with Gasteiger partial charge in [0, 0.05) is 18.8 Å². The first-order chi connectivity index (χ1) is 13.3. The summed E-state index contributed by atoms with van der Waals surface area (Å²) in [7, 11) is 3.20. The molecule has 4 aromatic rings. The maximum Gasteiger partial charge on any atom is 0.408 e. The number of alkyl halides is 3. The maximum absolute atomic E-state index is 12.8. The summed E-state index contributed by atoms with van der Waals surface area (Å²) >= 11 is 0. The van der Waals surface area contributed by atoms with E-state index in [1.807, 2.05) is 18.2 Å². The van der Waals surface area contributed by atoms with Gasteiger partial charge in [-0.05, 0) is 24.6 Å². The highest BCUT2D eigenvalue weighted by molar-refractivity contribution is 5.99. The van der Waals surface area contributed by atoms with E-state index in [-0.39, 0.29) is 11.8 Å². The quantitative estimate of drug-likeness (QED) is 0.555. The zero-order valence-electron chi connectivity index (χ0n) is 15.2. The Balaban J connectivity index is 1.81. The lowest BCUT2D eigenvalue weighted by atomic mass is 10.1. The van der Waals surface area contributed by atoms with Gasteiger partial charge in [0.1, 0.15) is 17.2 Å². The molecule has 1 aromatic carbocycles. The molecule has 0 spiro atoms. The van der Waals surface area contributed by atoms with Gasteiger partial charge in [-0.1, -0.05) is 11.3 Å². The molecule has 1 atom stereocenters. The van der Waals surface area contributed by atoms with Crippen LogP contribution >= 0.6 is 0 Å². The number of nitrogens with one attached hydrogen (secondary N) is 2. The maximum atomic E-state index is 12.8. The van der Waals surface area contributed by atoms with Crippen molar-refractivity contribution in [1.29, 1.82) is 0 Å². The molecule has 0 unspecified atom stereocenters. The third kappa shape index (κ3) is 2.98. The molecule has 2 N–H and O–H groups in total. The van der Waals surface area contributed by atoms with Crippen LogP contribution in [0.1, 0.15) is 6.92 Å². The average Bonchev–Trinajstić information content (AvgIpc) is 3.24. The summed E-state index contributed by atoms with van der Waals surface area (Å²) < 4.78 is 45.4. The molecule has 0 saturated carbocycles. The molecule has 0 radical (unpaired) electrons. The Bertz CT molecular complexity index is 1160. The number of aromatic amines is 1. The van der Waals surface area contributed by atoms with E-state index in [2.05, 4.69) is 30.6 Å². The summed E-state index contributed by atoms with van der Waals surface area (Å²) in [5, 5.41) is 10.9. The number of anilines is 1. The largest absolute Gasteiger partial charge is 0.480 e. The van der Waals surface area contributed by atoms with Crippen LogP contribution in [0.2, 0.25) is 0 Å². The van der Waals surface area contributed by atoms with E-state index in [4.69, 9.17) is 4.74 Å². The minimum Gasteiger partial charge on any atom is -0.480 e. The summed E-state index contributed by atoms with van der Waals surface area (Å²) in [6.07, 6.45) is -2.71. The van der Waals surface area contributed by atoms with Crippen LogP contribution < -0.4 is 10.1 Å². The monoisotopic (exact) mass is 391 g/mol. The second-order valence-corrected chi connectivity index (χ2v) is 6.31. The number of benzene rings is 1. The number of fused-ring (bicyclic) bond motifs is 2. The molecule has 0 aliphatic rings. The van der Waals surface area contributed by atoms with Crippen molar-refractivity contribution in [3.8, 4) is 17.0 Å². The van der Waals surface area contributed by atoms with Crippen molar-refractivity contribution < 1.29 is 17.9 Å². The fourth-order valence-electron chi connectivity index (χ4n) is 2.91. The van der Waals surface area contributed by atoms with E-state index in [1.165, 1.54) is 7.11 Å². The van der Waals surface area contributed by atoms with E-state index in [1.54, 1.807) is 17.9 Å². The third-order valence-electron chi connectivity index (χ3n) is 4.45. The Kier molecular flexibility index (Phi) is 4.09. The van der Waals surface area contributed by atoms with Crippen molar-refractivity contribution in [3.05, 3.63) is 24.4 Å². The first kappa shape index (κ1) is 18.0. The number of H-pyrrole nitrogens is 1. The van der Waals surface area contributed by atoms with E-state index in [9.17, 15) is 13.2 Å². The number of methoxy groups -OCH3 is 1. The molecule has 3 heterocycles. The van der Waals surface area contributed by atoms with Gasteiger partial charge in [-0.2, -0.15) is 23.1 Å². The molecule has 8 nitrogen and oxygen atoms in total. The highest BCUT2D eigenvalue weighted by Crippen LogP contribution is 2.35. The zero-order chi connectivity index (χ0) is 20.1. The van der Waals surface area contributed by atoms with Gasteiger partial charge < -0.3 is 15.0 Å². The number of aromatic nitrogens is 6. The molecule has 3 aromatic heterocycles. The summed E-state index contributed by atoms with van der Waals surface area (Å²) in [6.45, 7) is 0.997. The van der Waals surface area contributed by atoms with Crippen LogP contribution in [0.4, 0.5) is 19.1 Å². The molecular formula is C17H16F3N7O. The van der Waals surface area contributed by atoms with E-state index in [0.29, 0.717) is 11.0 Å². The van der Waals surface area contributed by atoms with Crippen LogP contribution in [0.5, 0.6) is 5.88 Å². The topological polar surface area (TPSA) is 93.5 Å².